The third-order valence-electron chi connectivity index (χ3n) is 4.42. The molecule has 2 aromatic carbocycles. The number of allylic oxidation sites excluding steroid dienone is 1. The maximum Gasteiger partial charge on any atom is 0.332 e. The molecule has 0 saturated carbocycles. The normalized spacial score (nSPS) is 10.7. The highest BCUT2D eigenvalue weighted by Crippen LogP contribution is 2.15. The van der Waals surface area contributed by atoms with Gasteiger partial charge in [-0.05, 0) is 30.2 Å². The van der Waals surface area contributed by atoms with E-state index in [0.29, 0.717) is 10.9 Å². The van der Waals surface area contributed by atoms with E-state index in [4.69, 9.17) is 0 Å². The van der Waals surface area contributed by atoms with Gasteiger partial charge in [-0.1, -0.05) is 43.3 Å². The van der Waals surface area contributed by atoms with E-state index in [0.717, 1.165) is 22.2 Å². The molecule has 6 heteroatoms. The van der Waals surface area contributed by atoms with Crippen molar-refractivity contribution in [2.45, 2.75) is 26.4 Å². The van der Waals surface area contributed by atoms with E-state index in [9.17, 15) is 14.4 Å². The Morgan fingerprint density at radius 2 is 1.78 bits per heavy atom. The Hall–Kier alpha value is -3.41. The second-order valence-corrected chi connectivity index (χ2v) is 6.15. The molecule has 138 valence electrons. The second kappa shape index (κ2) is 7.86. The summed E-state index contributed by atoms with van der Waals surface area (Å²) in [5, 5.41) is 3.25. The highest BCUT2D eigenvalue weighted by molar-refractivity contribution is 5.92. The lowest BCUT2D eigenvalue weighted by molar-refractivity contribution is -0.116. The van der Waals surface area contributed by atoms with Gasteiger partial charge in [0.2, 0.25) is 5.91 Å². The lowest BCUT2D eigenvalue weighted by Crippen LogP contribution is -2.41. The fraction of sp³-hybridized carbons (Fsp3) is 0.190. The number of fused-ring (bicyclic) bond motifs is 1. The first-order chi connectivity index (χ1) is 13.1. The van der Waals surface area contributed by atoms with Gasteiger partial charge in [0.25, 0.3) is 5.56 Å². The molecule has 0 aliphatic rings. The molecular weight excluding hydrogens is 342 g/mol. The Balaban J connectivity index is 2.04. The Kier molecular flexibility index (Phi) is 5.35. The molecular formula is C21H21N3O3. The quantitative estimate of drug-likeness (QED) is 0.684. The van der Waals surface area contributed by atoms with E-state index in [1.54, 1.807) is 24.3 Å². The van der Waals surface area contributed by atoms with Crippen LogP contribution in [0.1, 0.15) is 12.5 Å². The first kappa shape index (κ1) is 18.4. The summed E-state index contributed by atoms with van der Waals surface area (Å²) in [6.45, 7) is 5.51. The molecule has 3 aromatic rings. The standard InChI is InChI=1S/C21H21N3O3/c1-3-13-23-20(26)16-10-6-8-12-18(16)24(21(23)27)14-19(25)22-17-11-7-5-9-15(17)4-2/h3,5-12H,1,4,13-14H2,2H3,(H,22,25). The van der Waals surface area contributed by atoms with Crippen LogP contribution < -0.4 is 16.6 Å². The number of carbonyl (C=O) groups is 1. The number of para-hydroxylation sites is 2. The summed E-state index contributed by atoms with van der Waals surface area (Å²) in [4.78, 5) is 38.0. The number of benzene rings is 2. The monoisotopic (exact) mass is 363 g/mol. The summed E-state index contributed by atoms with van der Waals surface area (Å²) in [5.41, 5.74) is 1.26. The molecule has 0 unspecified atom stereocenters. The number of hydrogen-bond acceptors (Lipinski definition) is 3. The highest BCUT2D eigenvalue weighted by Gasteiger charge is 2.15. The van der Waals surface area contributed by atoms with Crippen LogP contribution in [-0.2, 0) is 24.3 Å². The van der Waals surface area contributed by atoms with Gasteiger partial charge in [0.15, 0.2) is 0 Å². The molecule has 27 heavy (non-hydrogen) atoms. The van der Waals surface area contributed by atoms with Crippen molar-refractivity contribution in [3.05, 3.63) is 87.6 Å². The summed E-state index contributed by atoms with van der Waals surface area (Å²) >= 11 is 0. The Bertz CT molecular complexity index is 1130. The van der Waals surface area contributed by atoms with Crippen molar-refractivity contribution < 1.29 is 4.79 Å². The molecule has 1 aromatic heterocycles. The van der Waals surface area contributed by atoms with Gasteiger partial charge < -0.3 is 5.32 Å². The van der Waals surface area contributed by atoms with E-state index >= 15 is 0 Å². The minimum absolute atomic E-state index is 0.0861. The minimum Gasteiger partial charge on any atom is -0.324 e. The zero-order chi connectivity index (χ0) is 19.4. The maximum absolute atomic E-state index is 12.8. The van der Waals surface area contributed by atoms with Crippen LogP contribution in [0.25, 0.3) is 10.9 Å². The summed E-state index contributed by atoms with van der Waals surface area (Å²) in [5.74, 6) is -0.327. The van der Waals surface area contributed by atoms with Crippen LogP contribution in [0.3, 0.4) is 0 Å². The van der Waals surface area contributed by atoms with Crippen molar-refractivity contribution in [3.8, 4) is 0 Å². The minimum atomic E-state index is -0.530. The molecule has 0 fully saturated rings. The summed E-state index contributed by atoms with van der Waals surface area (Å²) < 4.78 is 2.41. The molecule has 6 nitrogen and oxygen atoms in total. The lowest BCUT2D eigenvalue weighted by Gasteiger charge is -2.14. The molecule has 0 saturated heterocycles. The van der Waals surface area contributed by atoms with Gasteiger partial charge >= 0.3 is 5.69 Å². The third kappa shape index (κ3) is 3.60. The Morgan fingerprint density at radius 3 is 2.52 bits per heavy atom. The molecule has 0 radical (unpaired) electrons. The number of nitrogens with zero attached hydrogens (tertiary/aromatic N) is 2. The van der Waals surface area contributed by atoms with Gasteiger partial charge in [-0.2, -0.15) is 0 Å². The molecule has 0 aliphatic heterocycles. The first-order valence-electron chi connectivity index (χ1n) is 8.77. The van der Waals surface area contributed by atoms with E-state index in [1.807, 2.05) is 31.2 Å². The number of anilines is 1. The largest absolute Gasteiger partial charge is 0.332 e. The van der Waals surface area contributed by atoms with Crippen LogP contribution in [-0.4, -0.2) is 15.0 Å². The molecule has 3 rings (SSSR count). The lowest BCUT2D eigenvalue weighted by atomic mass is 10.1. The third-order valence-corrected chi connectivity index (χ3v) is 4.42. The topological polar surface area (TPSA) is 73.1 Å². The summed E-state index contributed by atoms with van der Waals surface area (Å²) in [6.07, 6.45) is 2.27. The summed E-state index contributed by atoms with van der Waals surface area (Å²) in [7, 11) is 0. The number of amides is 1. The van der Waals surface area contributed by atoms with E-state index in [2.05, 4.69) is 11.9 Å². The van der Waals surface area contributed by atoms with E-state index < -0.39 is 5.69 Å². The van der Waals surface area contributed by atoms with E-state index in [-0.39, 0.29) is 24.6 Å². The Morgan fingerprint density at radius 1 is 1.07 bits per heavy atom. The van der Waals surface area contributed by atoms with Crippen LogP contribution in [0.5, 0.6) is 0 Å². The fourth-order valence-corrected chi connectivity index (χ4v) is 3.10. The average Bonchev–Trinajstić information content (AvgIpc) is 2.69. The molecule has 1 heterocycles. The van der Waals surface area contributed by atoms with Crippen molar-refractivity contribution in [2.24, 2.45) is 0 Å². The number of hydrogen-bond donors (Lipinski definition) is 1. The number of aryl methyl sites for hydroxylation is 1. The zero-order valence-corrected chi connectivity index (χ0v) is 15.1. The summed E-state index contributed by atoms with van der Waals surface area (Å²) in [6, 6.07) is 14.3. The predicted octanol–water partition coefficient (Wildman–Crippen LogP) is 2.55. The highest BCUT2D eigenvalue weighted by atomic mass is 16.2. The van der Waals surface area contributed by atoms with Gasteiger partial charge in [-0.15, -0.1) is 6.58 Å². The van der Waals surface area contributed by atoms with Gasteiger partial charge in [0.1, 0.15) is 6.54 Å². The number of rotatable bonds is 6. The first-order valence-corrected chi connectivity index (χ1v) is 8.77. The SMILES string of the molecule is C=CCn1c(=O)c2ccccc2n(CC(=O)Nc2ccccc2CC)c1=O. The zero-order valence-electron chi connectivity index (χ0n) is 15.1. The van der Waals surface area contributed by atoms with Crippen molar-refractivity contribution >= 4 is 22.5 Å². The van der Waals surface area contributed by atoms with Crippen molar-refractivity contribution in [1.82, 2.24) is 9.13 Å². The maximum atomic E-state index is 12.8. The average molecular weight is 363 g/mol. The van der Waals surface area contributed by atoms with Crippen LogP contribution in [0, 0.1) is 0 Å². The second-order valence-electron chi connectivity index (χ2n) is 6.15. The van der Waals surface area contributed by atoms with Crippen LogP contribution in [0.2, 0.25) is 0 Å². The predicted molar refractivity (Wildman–Crippen MR) is 107 cm³/mol. The van der Waals surface area contributed by atoms with Crippen LogP contribution in [0.4, 0.5) is 5.69 Å². The number of nitrogens with one attached hydrogen (secondary N) is 1. The van der Waals surface area contributed by atoms with Crippen molar-refractivity contribution in [2.75, 3.05) is 5.32 Å². The van der Waals surface area contributed by atoms with E-state index in [1.165, 1.54) is 10.6 Å². The van der Waals surface area contributed by atoms with Gasteiger partial charge in [-0.25, -0.2) is 4.79 Å². The van der Waals surface area contributed by atoms with Crippen molar-refractivity contribution in [1.29, 1.82) is 0 Å². The fourth-order valence-electron chi connectivity index (χ4n) is 3.10. The molecule has 0 bridgehead atoms. The smallest absolute Gasteiger partial charge is 0.324 e. The van der Waals surface area contributed by atoms with Gasteiger partial charge in [0.05, 0.1) is 10.9 Å². The molecule has 0 aliphatic carbocycles. The number of carbonyl (C=O) groups excluding carboxylic acids is 1. The molecule has 0 atom stereocenters. The molecule has 0 spiro atoms. The number of aromatic nitrogens is 2. The van der Waals surface area contributed by atoms with Crippen LogP contribution >= 0.6 is 0 Å². The van der Waals surface area contributed by atoms with Gasteiger partial charge in [0, 0.05) is 12.2 Å². The molecule has 1 amide bonds. The van der Waals surface area contributed by atoms with Gasteiger partial charge in [-0.3, -0.25) is 18.7 Å². The van der Waals surface area contributed by atoms with Crippen molar-refractivity contribution in [3.63, 3.8) is 0 Å². The van der Waals surface area contributed by atoms with Crippen LogP contribution in [0.15, 0.2) is 70.8 Å². The molecule has 1 N–H and O–H groups in total. The Labute approximate surface area is 156 Å².